The second-order valence-electron chi connectivity index (χ2n) is 5.97. The quantitative estimate of drug-likeness (QED) is 0.745. The van der Waals surface area contributed by atoms with E-state index >= 15 is 0 Å². The highest BCUT2D eigenvalue weighted by Crippen LogP contribution is 2.15. The molecule has 0 aliphatic rings. The average molecular weight is 348 g/mol. The fourth-order valence-corrected chi connectivity index (χ4v) is 2.46. The number of hydrogen-bond acceptors (Lipinski definition) is 3. The van der Waals surface area contributed by atoms with Gasteiger partial charge in [0.05, 0.1) is 0 Å². The van der Waals surface area contributed by atoms with Crippen molar-refractivity contribution in [2.45, 2.75) is 13.2 Å². The number of benzene rings is 2. The first-order valence-electron chi connectivity index (χ1n) is 8.32. The molecule has 5 nitrogen and oxygen atoms in total. The monoisotopic (exact) mass is 348 g/mol. The van der Waals surface area contributed by atoms with Gasteiger partial charge < -0.3 is 14.6 Å². The minimum absolute atomic E-state index is 0.214. The molecule has 0 spiro atoms. The first-order valence-corrected chi connectivity index (χ1v) is 8.32. The largest absolute Gasteiger partial charge is 0.489 e. The molecule has 3 aromatic rings. The Morgan fingerprint density at radius 2 is 1.77 bits per heavy atom. The van der Waals surface area contributed by atoms with Gasteiger partial charge in [-0.05, 0) is 29.3 Å². The average Bonchev–Trinajstić information content (AvgIpc) is 2.68. The number of hydrogen-bond donors (Lipinski definition) is 1. The number of pyridine rings is 1. The smallest absolute Gasteiger partial charge is 0.251 e. The molecule has 1 heterocycles. The van der Waals surface area contributed by atoms with Crippen LogP contribution in [0.3, 0.4) is 0 Å². The maximum Gasteiger partial charge on any atom is 0.251 e. The lowest BCUT2D eigenvalue weighted by atomic mass is 10.2. The summed E-state index contributed by atoms with van der Waals surface area (Å²) in [5.74, 6) is 0.465. The molecule has 1 amide bonds. The van der Waals surface area contributed by atoms with Crippen molar-refractivity contribution >= 4 is 5.91 Å². The van der Waals surface area contributed by atoms with Crippen LogP contribution in [0.2, 0.25) is 0 Å². The highest BCUT2D eigenvalue weighted by molar-refractivity contribution is 5.93. The molecule has 2 aromatic carbocycles. The van der Waals surface area contributed by atoms with Crippen molar-refractivity contribution < 1.29 is 9.53 Å². The number of carbonyl (C=O) groups is 1. The standard InChI is InChI=1S/C21H20N2O3/c1-23-11-10-18(13-20(23)24)21(25)22-14-17-8-5-9-19(12-17)26-15-16-6-3-2-4-7-16/h2-13H,14-15H2,1H3,(H,22,25). The van der Waals surface area contributed by atoms with Crippen molar-refractivity contribution in [1.82, 2.24) is 9.88 Å². The molecular formula is C21H20N2O3. The third-order valence-electron chi connectivity index (χ3n) is 3.97. The zero-order valence-electron chi connectivity index (χ0n) is 14.5. The lowest BCUT2D eigenvalue weighted by molar-refractivity contribution is 0.0950. The van der Waals surface area contributed by atoms with E-state index in [1.54, 1.807) is 19.3 Å². The molecule has 0 unspecified atom stereocenters. The molecule has 0 aliphatic carbocycles. The van der Waals surface area contributed by atoms with Gasteiger partial charge in [-0.1, -0.05) is 42.5 Å². The first kappa shape index (κ1) is 17.5. The summed E-state index contributed by atoms with van der Waals surface area (Å²) in [5, 5.41) is 2.82. The van der Waals surface area contributed by atoms with Crippen molar-refractivity contribution in [1.29, 1.82) is 0 Å². The van der Waals surface area contributed by atoms with Gasteiger partial charge in [0.2, 0.25) is 0 Å². The SMILES string of the molecule is Cn1ccc(C(=O)NCc2cccc(OCc3ccccc3)c2)cc1=O. The number of carbonyl (C=O) groups excluding carboxylic acids is 1. The lowest BCUT2D eigenvalue weighted by Crippen LogP contribution is -2.25. The normalized spacial score (nSPS) is 10.3. The minimum atomic E-state index is -0.279. The zero-order chi connectivity index (χ0) is 18.4. The summed E-state index contributed by atoms with van der Waals surface area (Å²) < 4.78 is 7.22. The molecule has 5 heteroatoms. The van der Waals surface area contributed by atoms with Crippen molar-refractivity contribution in [2.24, 2.45) is 7.05 Å². The third-order valence-corrected chi connectivity index (χ3v) is 3.97. The van der Waals surface area contributed by atoms with E-state index in [1.807, 2.05) is 54.6 Å². The molecule has 0 bridgehead atoms. The summed E-state index contributed by atoms with van der Waals surface area (Å²) in [6.45, 7) is 0.848. The summed E-state index contributed by atoms with van der Waals surface area (Å²) >= 11 is 0. The molecule has 26 heavy (non-hydrogen) atoms. The highest BCUT2D eigenvalue weighted by Gasteiger charge is 2.07. The van der Waals surface area contributed by atoms with Crippen LogP contribution in [0.5, 0.6) is 5.75 Å². The number of nitrogens with one attached hydrogen (secondary N) is 1. The van der Waals surface area contributed by atoms with E-state index in [2.05, 4.69) is 5.32 Å². The molecule has 1 N–H and O–H groups in total. The Morgan fingerprint density at radius 3 is 2.54 bits per heavy atom. The first-order chi connectivity index (χ1) is 12.6. The van der Waals surface area contributed by atoms with Gasteiger partial charge in [0.1, 0.15) is 12.4 Å². The molecule has 1 aromatic heterocycles. The summed E-state index contributed by atoms with van der Waals surface area (Å²) in [7, 11) is 1.64. The van der Waals surface area contributed by atoms with Crippen LogP contribution in [0, 0.1) is 0 Å². The Kier molecular flexibility index (Phi) is 5.49. The van der Waals surface area contributed by atoms with E-state index in [1.165, 1.54) is 10.6 Å². The van der Waals surface area contributed by atoms with Crippen LogP contribution in [-0.4, -0.2) is 10.5 Å². The second kappa shape index (κ2) is 8.16. The molecule has 0 saturated heterocycles. The molecule has 132 valence electrons. The Hall–Kier alpha value is -3.34. The van der Waals surface area contributed by atoms with Crippen LogP contribution < -0.4 is 15.6 Å². The van der Waals surface area contributed by atoms with Crippen LogP contribution >= 0.6 is 0 Å². The van der Waals surface area contributed by atoms with Crippen LogP contribution in [0.4, 0.5) is 0 Å². The number of amides is 1. The summed E-state index contributed by atoms with van der Waals surface area (Å²) in [5.41, 5.74) is 2.16. The molecular weight excluding hydrogens is 328 g/mol. The zero-order valence-corrected chi connectivity index (χ0v) is 14.5. The number of aryl methyl sites for hydroxylation is 1. The van der Waals surface area contributed by atoms with Gasteiger partial charge in [-0.3, -0.25) is 9.59 Å². The van der Waals surface area contributed by atoms with E-state index < -0.39 is 0 Å². The van der Waals surface area contributed by atoms with Gasteiger partial charge in [-0.25, -0.2) is 0 Å². The van der Waals surface area contributed by atoms with Crippen LogP contribution in [0.1, 0.15) is 21.5 Å². The maximum absolute atomic E-state index is 12.2. The highest BCUT2D eigenvalue weighted by atomic mass is 16.5. The fourth-order valence-electron chi connectivity index (χ4n) is 2.46. The van der Waals surface area contributed by atoms with Crippen LogP contribution in [0.15, 0.2) is 77.7 Å². The van der Waals surface area contributed by atoms with Gasteiger partial charge in [0, 0.05) is 31.4 Å². The van der Waals surface area contributed by atoms with E-state index in [9.17, 15) is 9.59 Å². The van der Waals surface area contributed by atoms with Gasteiger partial charge >= 0.3 is 0 Å². The van der Waals surface area contributed by atoms with Crippen molar-refractivity contribution in [2.75, 3.05) is 0 Å². The molecule has 0 fully saturated rings. The second-order valence-corrected chi connectivity index (χ2v) is 5.97. The van der Waals surface area contributed by atoms with E-state index in [4.69, 9.17) is 4.74 Å². The Labute approximate surface area is 151 Å². The molecule has 0 atom stereocenters. The van der Waals surface area contributed by atoms with Crippen LogP contribution in [0.25, 0.3) is 0 Å². The summed E-state index contributed by atoms with van der Waals surface area (Å²) in [6, 6.07) is 20.5. The van der Waals surface area contributed by atoms with E-state index in [0.717, 1.165) is 16.9 Å². The van der Waals surface area contributed by atoms with Crippen molar-refractivity contribution in [3.05, 3.63) is 100.0 Å². The number of rotatable bonds is 6. The molecule has 3 rings (SSSR count). The Balaban J connectivity index is 1.59. The van der Waals surface area contributed by atoms with Gasteiger partial charge in [-0.15, -0.1) is 0 Å². The maximum atomic E-state index is 12.2. The third kappa shape index (κ3) is 4.60. The fraction of sp³-hybridized carbons (Fsp3) is 0.143. The molecule has 0 saturated carbocycles. The van der Waals surface area contributed by atoms with Crippen LogP contribution in [-0.2, 0) is 20.2 Å². The topological polar surface area (TPSA) is 60.3 Å². The molecule has 0 aliphatic heterocycles. The number of ether oxygens (including phenoxy) is 1. The number of nitrogens with zero attached hydrogens (tertiary/aromatic N) is 1. The van der Waals surface area contributed by atoms with E-state index in [-0.39, 0.29) is 11.5 Å². The Morgan fingerprint density at radius 1 is 1.00 bits per heavy atom. The van der Waals surface area contributed by atoms with Gasteiger partial charge in [0.15, 0.2) is 0 Å². The predicted molar refractivity (Wildman–Crippen MR) is 100 cm³/mol. The predicted octanol–water partition coefficient (Wildman–Crippen LogP) is 2.89. The number of aromatic nitrogens is 1. The summed E-state index contributed by atoms with van der Waals surface area (Å²) in [6.07, 6.45) is 1.58. The lowest BCUT2D eigenvalue weighted by Gasteiger charge is -2.09. The van der Waals surface area contributed by atoms with Crippen molar-refractivity contribution in [3.8, 4) is 5.75 Å². The molecule has 0 radical (unpaired) electrons. The van der Waals surface area contributed by atoms with E-state index in [0.29, 0.717) is 18.7 Å². The van der Waals surface area contributed by atoms with Crippen molar-refractivity contribution in [3.63, 3.8) is 0 Å². The van der Waals surface area contributed by atoms with Gasteiger partial charge in [-0.2, -0.15) is 0 Å². The Bertz CT molecular complexity index is 949. The minimum Gasteiger partial charge on any atom is -0.489 e. The summed E-state index contributed by atoms with van der Waals surface area (Å²) in [4.78, 5) is 23.8. The van der Waals surface area contributed by atoms with Gasteiger partial charge in [0.25, 0.3) is 11.5 Å².